The highest BCUT2D eigenvalue weighted by Crippen LogP contribution is 1.51. The summed E-state index contributed by atoms with van der Waals surface area (Å²) in [6, 6.07) is 0. The third-order valence-corrected chi connectivity index (χ3v) is 0.0645. The number of hydrogen-bond acceptors (Lipinski definition) is 2. The van der Waals surface area contributed by atoms with Crippen LogP contribution in [0, 0.1) is 7.11 Å². The molecule has 0 saturated carbocycles. The van der Waals surface area contributed by atoms with Crippen molar-refractivity contribution in [2.45, 2.75) is 0 Å². The minimum absolute atomic E-state index is 0.514. The van der Waals surface area contributed by atoms with Gasteiger partial charge in [-0.25, -0.2) is 0 Å². The average molecular weight is 59.0 g/mol. The topological polar surface area (TPSA) is 29.5 Å². The Bertz CT molecular complexity index is 6.00. The average Bonchev–Trinajstić information content (AvgIpc) is 1.37. The van der Waals surface area contributed by atoms with E-state index in [2.05, 4.69) is 4.74 Å². The fraction of sp³-hybridized carbons (Fsp3) is 0.500. The van der Waals surface area contributed by atoms with Crippen molar-refractivity contribution in [3.8, 4) is 0 Å². The minimum atomic E-state index is -0.514. The molecule has 3 radical (unpaired) electrons. The van der Waals surface area contributed by atoms with Gasteiger partial charge in [-0.2, -0.15) is 0 Å². The van der Waals surface area contributed by atoms with Crippen molar-refractivity contribution in [3.63, 3.8) is 0 Å². The fourth-order valence-corrected chi connectivity index (χ4v) is 0. The molecule has 0 fully saturated rings. The van der Waals surface area contributed by atoms with Crippen molar-refractivity contribution in [2.24, 2.45) is 0 Å². The number of hydrogen-bond donors (Lipinski definition) is 1. The third-order valence-electron chi connectivity index (χ3n) is 0.0645. The Hall–Kier alpha value is -0.0800. The van der Waals surface area contributed by atoms with Crippen LogP contribution in [0.15, 0.2) is 0 Å². The van der Waals surface area contributed by atoms with Crippen LogP contribution in [0.4, 0.5) is 0 Å². The van der Waals surface area contributed by atoms with Crippen LogP contribution in [0.3, 0.4) is 0 Å². The molecule has 0 bridgehead atoms. The Kier molecular flexibility index (Phi) is 2.86. The molecule has 0 aliphatic heterocycles. The summed E-state index contributed by atoms with van der Waals surface area (Å²) in [5.41, 5.74) is 0. The molecular weight excluding hydrogens is 56.0 g/mol. The van der Waals surface area contributed by atoms with Crippen LogP contribution in [-0.4, -0.2) is 11.9 Å². The van der Waals surface area contributed by atoms with E-state index in [0.29, 0.717) is 0 Å². The zero-order chi connectivity index (χ0) is 3.41. The van der Waals surface area contributed by atoms with Gasteiger partial charge in [0.05, 0.1) is 0 Å². The molecule has 0 aromatic rings. The van der Waals surface area contributed by atoms with Gasteiger partial charge in [-0.1, -0.05) is 0 Å². The van der Waals surface area contributed by atoms with Gasteiger partial charge in [-0.05, 0) is 0 Å². The maximum Gasteiger partial charge on any atom is 0.176 e. The smallest absolute Gasteiger partial charge is 0.176 e. The van der Waals surface area contributed by atoms with Crippen LogP contribution in [0.5, 0.6) is 0 Å². The maximum atomic E-state index is 7.47. The molecule has 0 aliphatic rings. The van der Waals surface area contributed by atoms with Gasteiger partial charge in [-0.3, -0.25) is 0 Å². The quantitative estimate of drug-likeness (QED) is 0.412. The number of rotatable bonds is 1. The van der Waals surface area contributed by atoms with Crippen LogP contribution in [-0.2, 0) is 4.74 Å². The summed E-state index contributed by atoms with van der Waals surface area (Å²) in [7, 11) is 5.70. The Morgan fingerprint density at radius 1 is 2.00 bits per heavy atom. The molecule has 4 heavy (non-hydrogen) atoms. The number of aliphatic hydroxyl groups excluding tert-OH is 1. The van der Waals surface area contributed by atoms with Gasteiger partial charge in [0, 0.05) is 0 Å². The predicted octanol–water partition coefficient (Wildman–Crippen LogP) is -0.502. The van der Waals surface area contributed by atoms with E-state index in [0.717, 1.165) is 0 Å². The zero-order valence-electron chi connectivity index (χ0n) is 2.06. The van der Waals surface area contributed by atoms with E-state index in [-0.39, 0.29) is 0 Å². The second kappa shape index (κ2) is 2.92. The van der Waals surface area contributed by atoms with E-state index >= 15 is 0 Å². The molecule has 0 spiro atoms. The van der Waals surface area contributed by atoms with Crippen molar-refractivity contribution in [2.75, 3.05) is 6.79 Å². The molecule has 0 atom stereocenters. The first-order valence-corrected chi connectivity index (χ1v) is 0.809. The van der Waals surface area contributed by atoms with Crippen LogP contribution in [0.1, 0.15) is 0 Å². The summed E-state index contributed by atoms with van der Waals surface area (Å²) < 4.78 is 3.35. The van der Waals surface area contributed by atoms with E-state index in [9.17, 15) is 0 Å². The van der Waals surface area contributed by atoms with Gasteiger partial charge in [0.15, 0.2) is 7.11 Å². The summed E-state index contributed by atoms with van der Waals surface area (Å²) in [5.74, 6) is 0. The lowest BCUT2D eigenvalue weighted by molar-refractivity contribution is 0.0560. The van der Waals surface area contributed by atoms with E-state index in [1.807, 2.05) is 0 Å². The predicted molar refractivity (Wildman–Crippen MR) is 11.4 cm³/mol. The first-order valence-electron chi connectivity index (χ1n) is 0.809. The second-order valence-electron chi connectivity index (χ2n) is 0.273. The van der Waals surface area contributed by atoms with Crippen LogP contribution >= 0.6 is 0 Å². The van der Waals surface area contributed by atoms with Crippen molar-refractivity contribution < 1.29 is 9.84 Å². The second-order valence-corrected chi connectivity index (χ2v) is 0.273. The highest BCUT2D eigenvalue weighted by Gasteiger charge is 1.54. The van der Waals surface area contributed by atoms with Crippen LogP contribution in [0.2, 0.25) is 0 Å². The van der Waals surface area contributed by atoms with Crippen molar-refractivity contribution in [1.82, 2.24) is 0 Å². The molecule has 0 aromatic carbocycles. The summed E-state index contributed by atoms with van der Waals surface area (Å²) in [5, 5.41) is 7.47. The molecule has 1 N–H and O–H groups in total. The summed E-state index contributed by atoms with van der Waals surface area (Å²) in [6.07, 6.45) is 0. The molecule has 2 heteroatoms. The lowest BCUT2D eigenvalue weighted by Gasteiger charge is -1.73. The molecule has 0 rings (SSSR count). The van der Waals surface area contributed by atoms with Crippen molar-refractivity contribution in [3.05, 3.63) is 7.11 Å². The van der Waals surface area contributed by atoms with Gasteiger partial charge >= 0.3 is 0 Å². The molecule has 0 heterocycles. The zero-order valence-corrected chi connectivity index (χ0v) is 2.06. The normalized spacial score (nSPS) is 7.50. The lowest BCUT2D eigenvalue weighted by Crippen LogP contribution is -1.76. The number of ether oxygens (including phenoxy) is 1. The van der Waals surface area contributed by atoms with Gasteiger partial charge in [0.25, 0.3) is 0 Å². The molecule has 0 amide bonds. The first kappa shape index (κ1) is 3.92. The highest BCUT2D eigenvalue weighted by molar-refractivity contribution is 3.89. The molecule has 23 valence electrons. The van der Waals surface area contributed by atoms with Gasteiger partial charge < -0.3 is 9.84 Å². The van der Waals surface area contributed by atoms with E-state index < -0.39 is 6.79 Å². The standard InChI is InChI=1S/C2H3O2/c1-4-2-3/h3H,2H2. The fourth-order valence-electron chi connectivity index (χ4n) is 0. The van der Waals surface area contributed by atoms with Gasteiger partial charge in [0.2, 0.25) is 0 Å². The number of aliphatic hydroxyl groups is 1. The van der Waals surface area contributed by atoms with Gasteiger partial charge in [0.1, 0.15) is 6.79 Å². The molecule has 0 aromatic heterocycles. The summed E-state index contributed by atoms with van der Waals surface area (Å²) in [4.78, 5) is 0. The van der Waals surface area contributed by atoms with Crippen LogP contribution in [0.25, 0.3) is 0 Å². The third kappa shape index (κ3) is 1.92. The minimum Gasteiger partial charge on any atom is -0.371 e. The largest absolute Gasteiger partial charge is 0.371 e. The molecular formula is C2H3O2. The van der Waals surface area contributed by atoms with Crippen molar-refractivity contribution >= 4 is 0 Å². The SMILES string of the molecule is [C]OCO. The molecule has 0 aliphatic carbocycles. The molecule has 0 saturated heterocycles. The van der Waals surface area contributed by atoms with E-state index in [1.54, 1.807) is 0 Å². The monoisotopic (exact) mass is 59.0 g/mol. The Morgan fingerprint density at radius 3 is 2.25 bits per heavy atom. The van der Waals surface area contributed by atoms with Crippen molar-refractivity contribution in [1.29, 1.82) is 0 Å². The van der Waals surface area contributed by atoms with Gasteiger partial charge in [-0.15, -0.1) is 0 Å². The summed E-state index contributed by atoms with van der Waals surface area (Å²) >= 11 is 0. The Balaban J connectivity index is 1.97. The van der Waals surface area contributed by atoms with E-state index in [1.165, 1.54) is 0 Å². The van der Waals surface area contributed by atoms with Crippen LogP contribution < -0.4 is 0 Å². The first-order chi connectivity index (χ1) is 1.91. The lowest BCUT2D eigenvalue weighted by atomic mass is 11.4. The molecule has 0 unspecified atom stereocenters. The Morgan fingerprint density at radius 2 is 2.25 bits per heavy atom. The highest BCUT2D eigenvalue weighted by atomic mass is 16.6. The van der Waals surface area contributed by atoms with E-state index in [4.69, 9.17) is 12.2 Å². The summed E-state index contributed by atoms with van der Waals surface area (Å²) in [6.45, 7) is -0.514. The molecule has 2 nitrogen and oxygen atoms in total. The maximum absolute atomic E-state index is 7.47. The Labute approximate surface area is 25.0 Å².